The maximum atomic E-state index is 11.1. The monoisotopic (exact) mass is 256 g/mol. The predicted octanol–water partition coefficient (Wildman–Crippen LogP) is 2.80. The van der Waals surface area contributed by atoms with E-state index in [1.54, 1.807) is 0 Å². The number of benzene rings is 1. The SMILES string of the molecule is COC(=O)CCc1ccccc1OCCCCl. The van der Waals surface area contributed by atoms with Crippen LogP contribution >= 0.6 is 11.6 Å². The zero-order valence-electron chi connectivity index (χ0n) is 9.95. The van der Waals surface area contributed by atoms with Crippen molar-refractivity contribution in [3.63, 3.8) is 0 Å². The Bertz CT molecular complexity index is 352. The van der Waals surface area contributed by atoms with E-state index < -0.39 is 0 Å². The maximum absolute atomic E-state index is 11.1. The van der Waals surface area contributed by atoms with Gasteiger partial charge in [-0.2, -0.15) is 0 Å². The third-order valence-corrected chi connectivity index (χ3v) is 2.60. The Balaban J connectivity index is 2.54. The summed E-state index contributed by atoms with van der Waals surface area (Å²) in [6, 6.07) is 7.71. The number of carbonyl (C=O) groups is 1. The summed E-state index contributed by atoms with van der Waals surface area (Å²) in [4.78, 5) is 11.1. The molecule has 1 rings (SSSR count). The van der Waals surface area contributed by atoms with Gasteiger partial charge in [0.2, 0.25) is 0 Å². The van der Waals surface area contributed by atoms with Gasteiger partial charge in [-0.1, -0.05) is 18.2 Å². The molecule has 3 nitrogen and oxygen atoms in total. The van der Waals surface area contributed by atoms with Crippen molar-refractivity contribution in [2.45, 2.75) is 19.3 Å². The lowest BCUT2D eigenvalue weighted by Gasteiger charge is -2.10. The molecule has 0 aromatic heterocycles. The zero-order chi connectivity index (χ0) is 12.5. The Morgan fingerprint density at radius 1 is 1.35 bits per heavy atom. The molecule has 0 aliphatic heterocycles. The van der Waals surface area contributed by atoms with Crippen LogP contribution in [-0.2, 0) is 16.0 Å². The third kappa shape index (κ3) is 5.09. The van der Waals surface area contributed by atoms with Crippen LogP contribution in [0.25, 0.3) is 0 Å². The van der Waals surface area contributed by atoms with Crippen LogP contribution < -0.4 is 4.74 Å². The molecule has 0 N–H and O–H groups in total. The Labute approximate surface area is 107 Å². The predicted molar refractivity (Wildman–Crippen MR) is 67.6 cm³/mol. The van der Waals surface area contributed by atoms with Crippen LogP contribution in [0.5, 0.6) is 5.75 Å². The molecule has 1 aromatic rings. The van der Waals surface area contributed by atoms with Crippen molar-refractivity contribution in [3.8, 4) is 5.75 Å². The molecular formula is C13H17ClO3. The Morgan fingerprint density at radius 3 is 2.82 bits per heavy atom. The normalized spacial score (nSPS) is 10.0. The van der Waals surface area contributed by atoms with Gasteiger partial charge in [-0.05, 0) is 24.5 Å². The van der Waals surface area contributed by atoms with Crippen LogP contribution in [0.4, 0.5) is 0 Å². The summed E-state index contributed by atoms with van der Waals surface area (Å²) in [5, 5.41) is 0. The molecule has 94 valence electrons. The zero-order valence-corrected chi connectivity index (χ0v) is 10.7. The lowest BCUT2D eigenvalue weighted by atomic mass is 10.1. The molecule has 0 amide bonds. The summed E-state index contributed by atoms with van der Waals surface area (Å²) in [5.41, 5.74) is 1.02. The molecule has 0 heterocycles. The number of esters is 1. The first-order chi connectivity index (χ1) is 8.27. The quantitative estimate of drug-likeness (QED) is 0.428. The van der Waals surface area contributed by atoms with Gasteiger partial charge in [-0.15, -0.1) is 11.6 Å². The fourth-order valence-corrected chi connectivity index (χ4v) is 1.54. The number of hydrogen-bond donors (Lipinski definition) is 0. The Morgan fingerprint density at radius 2 is 2.12 bits per heavy atom. The first kappa shape index (κ1) is 13.8. The van der Waals surface area contributed by atoms with E-state index in [2.05, 4.69) is 4.74 Å². The maximum Gasteiger partial charge on any atom is 0.305 e. The van der Waals surface area contributed by atoms with Gasteiger partial charge < -0.3 is 9.47 Å². The molecule has 17 heavy (non-hydrogen) atoms. The minimum atomic E-state index is -0.208. The van der Waals surface area contributed by atoms with Gasteiger partial charge in [0, 0.05) is 12.3 Å². The molecule has 0 spiro atoms. The number of halogens is 1. The molecule has 0 fully saturated rings. The highest BCUT2D eigenvalue weighted by Crippen LogP contribution is 2.19. The van der Waals surface area contributed by atoms with Crippen molar-refractivity contribution >= 4 is 17.6 Å². The topological polar surface area (TPSA) is 35.5 Å². The number of aryl methyl sites for hydroxylation is 1. The molecule has 4 heteroatoms. The number of rotatable bonds is 7. The van der Waals surface area contributed by atoms with Crippen LogP contribution in [0.2, 0.25) is 0 Å². The molecule has 0 saturated heterocycles. The molecule has 0 aliphatic rings. The highest BCUT2D eigenvalue weighted by Gasteiger charge is 2.06. The van der Waals surface area contributed by atoms with Gasteiger partial charge in [0.1, 0.15) is 5.75 Å². The average molecular weight is 257 g/mol. The average Bonchev–Trinajstić information content (AvgIpc) is 2.37. The van der Waals surface area contributed by atoms with Crippen molar-refractivity contribution in [1.29, 1.82) is 0 Å². The minimum absolute atomic E-state index is 0.208. The smallest absolute Gasteiger partial charge is 0.305 e. The third-order valence-electron chi connectivity index (χ3n) is 2.33. The number of methoxy groups -OCH3 is 1. The number of alkyl halides is 1. The van der Waals surface area contributed by atoms with Gasteiger partial charge in [-0.3, -0.25) is 4.79 Å². The van der Waals surface area contributed by atoms with E-state index in [-0.39, 0.29) is 5.97 Å². The fraction of sp³-hybridized carbons (Fsp3) is 0.462. The van der Waals surface area contributed by atoms with Gasteiger partial charge >= 0.3 is 5.97 Å². The van der Waals surface area contributed by atoms with Gasteiger partial charge in [-0.25, -0.2) is 0 Å². The van der Waals surface area contributed by atoms with Crippen molar-refractivity contribution in [2.24, 2.45) is 0 Å². The number of carbonyl (C=O) groups excluding carboxylic acids is 1. The molecule has 0 radical (unpaired) electrons. The van der Waals surface area contributed by atoms with Crippen LogP contribution in [0, 0.1) is 0 Å². The van der Waals surface area contributed by atoms with Crippen molar-refractivity contribution in [3.05, 3.63) is 29.8 Å². The molecule has 0 saturated carbocycles. The molecule has 0 aliphatic carbocycles. The van der Waals surface area contributed by atoms with E-state index >= 15 is 0 Å². The summed E-state index contributed by atoms with van der Waals surface area (Å²) in [7, 11) is 1.39. The molecule has 0 bridgehead atoms. The summed E-state index contributed by atoms with van der Waals surface area (Å²) in [6.07, 6.45) is 1.81. The van der Waals surface area contributed by atoms with Crippen LogP contribution in [0.3, 0.4) is 0 Å². The van der Waals surface area contributed by atoms with E-state index in [0.717, 1.165) is 17.7 Å². The first-order valence-electron chi connectivity index (χ1n) is 5.61. The largest absolute Gasteiger partial charge is 0.493 e. The van der Waals surface area contributed by atoms with Gasteiger partial charge in [0.05, 0.1) is 13.7 Å². The van der Waals surface area contributed by atoms with Crippen molar-refractivity contribution in [2.75, 3.05) is 19.6 Å². The molecule has 0 atom stereocenters. The Kier molecular flexibility index (Phi) is 6.48. The van der Waals surface area contributed by atoms with Crippen molar-refractivity contribution < 1.29 is 14.3 Å². The Hall–Kier alpha value is -1.22. The van der Waals surface area contributed by atoms with Crippen LogP contribution in [-0.4, -0.2) is 25.6 Å². The van der Waals surface area contributed by atoms with Gasteiger partial charge in [0.15, 0.2) is 0 Å². The molecule has 0 unspecified atom stereocenters. The van der Waals surface area contributed by atoms with Crippen LogP contribution in [0.1, 0.15) is 18.4 Å². The molecule has 1 aromatic carbocycles. The lowest BCUT2D eigenvalue weighted by Crippen LogP contribution is -2.04. The second-order valence-electron chi connectivity index (χ2n) is 3.57. The second kappa shape index (κ2) is 7.96. The van der Waals surface area contributed by atoms with E-state index in [9.17, 15) is 4.79 Å². The molecular weight excluding hydrogens is 240 g/mol. The fourth-order valence-electron chi connectivity index (χ4n) is 1.43. The summed E-state index contributed by atoms with van der Waals surface area (Å²) in [6.45, 7) is 0.596. The van der Waals surface area contributed by atoms with Crippen LogP contribution in [0.15, 0.2) is 24.3 Å². The van der Waals surface area contributed by atoms with E-state index in [4.69, 9.17) is 16.3 Å². The van der Waals surface area contributed by atoms with Gasteiger partial charge in [0.25, 0.3) is 0 Å². The minimum Gasteiger partial charge on any atom is -0.493 e. The highest BCUT2D eigenvalue weighted by molar-refractivity contribution is 6.17. The highest BCUT2D eigenvalue weighted by atomic mass is 35.5. The first-order valence-corrected chi connectivity index (χ1v) is 6.15. The number of para-hydroxylation sites is 1. The lowest BCUT2D eigenvalue weighted by molar-refractivity contribution is -0.140. The summed E-state index contributed by atoms with van der Waals surface area (Å²) >= 11 is 5.59. The van der Waals surface area contributed by atoms with E-state index in [1.165, 1.54) is 7.11 Å². The van der Waals surface area contributed by atoms with E-state index in [1.807, 2.05) is 24.3 Å². The summed E-state index contributed by atoms with van der Waals surface area (Å²) < 4.78 is 10.2. The number of ether oxygens (including phenoxy) is 2. The van der Waals surface area contributed by atoms with Crippen molar-refractivity contribution in [1.82, 2.24) is 0 Å². The number of hydrogen-bond acceptors (Lipinski definition) is 3. The second-order valence-corrected chi connectivity index (χ2v) is 3.95. The summed E-state index contributed by atoms with van der Waals surface area (Å²) in [5.74, 6) is 1.20. The standard InChI is InChI=1S/C13H17ClO3/c1-16-13(15)8-7-11-5-2-3-6-12(11)17-10-4-9-14/h2-3,5-6H,4,7-10H2,1H3. The van der Waals surface area contributed by atoms with E-state index in [0.29, 0.717) is 25.3 Å².